The van der Waals surface area contributed by atoms with E-state index < -0.39 is 0 Å². The summed E-state index contributed by atoms with van der Waals surface area (Å²) in [5.74, 6) is 0.102. The van der Waals surface area contributed by atoms with E-state index in [0.29, 0.717) is 25.3 Å². The minimum absolute atomic E-state index is 0.0233. The lowest BCUT2D eigenvalue weighted by Crippen LogP contribution is -2.55. The largest absolute Gasteiger partial charge is 0.393 e. The fraction of sp³-hybridized carbons (Fsp3) is 0.714. The van der Waals surface area contributed by atoms with E-state index in [9.17, 15) is 9.90 Å². The molecule has 3 atom stereocenters. The summed E-state index contributed by atoms with van der Waals surface area (Å²) in [6.07, 6.45) is 6.82. The van der Waals surface area contributed by atoms with Crippen LogP contribution in [0.5, 0.6) is 0 Å². The molecule has 0 radical (unpaired) electrons. The Morgan fingerprint density at radius 3 is 3.05 bits per heavy atom. The van der Waals surface area contributed by atoms with E-state index in [2.05, 4.69) is 10.2 Å². The summed E-state index contributed by atoms with van der Waals surface area (Å²) in [5, 5.41) is 16.8. The van der Waals surface area contributed by atoms with Crippen LogP contribution in [-0.2, 0) is 4.74 Å². The highest BCUT2D eigenvalue weighted by Gasteiger charge is 2.38. The molecule has 1 aliphatic carbocycles. The number of nitrogens with one attached hydrogen (secondary N) is 1. The van der Waals surface area contributed by atoms with Crippen LogP contribution in [0.2, 0.25) is 0 Å². The summed E-state index contributed by atoms with van der Waals surface area (Å²) in [6, 6.07) is -0.0264. The van der Waals surface area contributed by atoms with Crippen molar-refractivity contribution in [2.75, 3.05) is 19.8 Å². The third-order valence-electron chi connectivity index (χ3n) is 4.45. The van der Waals surface area contributed by atoms with Crippen LogP contribution < -0.4 is 0 Å². The van der Waals surface area contributed by atoms with Crippen LogP contribution in [0.3, 0.4) is 0 Å². The van der Waals surface area contributed by atoms with Crippen LogP contribution in [0, 0.1) is 5.92 Å². The maximum Gasteiger partial charge on any atom is 0.257 e. The third-order valence-corrected chi connectivity index (χ3v) is 4.45. The molecule has 1 amide bonds. The van der Waals surface area contributed by atoms with Gasteiger partial charge >= 0.3 is 0 Å². The average molecular weight is 279 g/mol. The number of ether oxygens (including phenoxy) is 1. The number of rotatable bonds is 2. The maximum atomic E-state index is 12.5. The first-order chi connectivity index (χ1) is 9.77. The number of nitrogens with zero attached hydrogens (tertiary/aromatic N) is 2. The van der Waals surface area contributed by atoms with Gasteiger partial charge in [0.1, 0.15) is 0 Å². The standard InChI is InChI=1S/C14H21N3O3/c18-13-4-2-1-3-11(13)12-9-20-6-5-17(12)14(19)10-7-15-16-8-10/h7-8,11-13,18H,1-6,9H2,(H,15,16). The lowest BCUT2D eigenvalue weighted by Gasteiger charge is -2.43. The predicted octanol–water partition coefficient (Wildman–Crippen LogP) is 0.802. The van der Waals surface area contributed by atoms with E-state index in [1.165, 1.54) is 0 Å². The van der Waals surface area contributed by atoms with Crippen molar-refractivity contribution in [2.24, 2.45) is 5.92 Å². The zero-order valence-corrected chi connectivity index (χ0v) is 11.5. The summed E-state index contributed by atoms with van der Waals surface area (Å²) in [4.78, 5) is 14.4. The van der Waals surface area contributed by atoms with Crippen molar-refractivity contribution in [3.63, 3.8) is 0 Å². The highest BCUT2D eigenvalue weighted by atomic mass is 16.5. The topological polar surface area (TPSA) is 78.5 Å². The van der Waals surface area contributed by atoms with Gasteiger partial charge in [-0.3, -0.25) is 9.89 Å². The van der Waals surface area contributed by atoms with Crippen LogP contribution in [-0.4, -0.2) is 58.0 Å². The summed E-state index contributed by atoms with van der Waals surface area (Å²) in [7, 11) is 0. The van der Waals surface area contributed by atoms with Gasteiger partial charge < -0.3 is 14.7 Å². The molecular weight excluding hydrogens is 258 g/mol. The Balaban J connectivity index is 1.78. The van der Waals surface area contributed by atoms with Crippen LogP contribution in [0.25, 0.3) is 0 Å². The smallest absolute Gasteiger partial charge is 0.257 e. The van der Waals surface area contributed by atoms with Gasteiger partial charge in [0.25, 0.3) is 5.91 Å². The van der Waals surface area contributed by atoms with E-state index in [1.807, 2.05) is 4.90 Å². The van der Waals surface area contributed by atoms with E-state index in [-0.39, 0.29) is 24.0 Å². The van der Waals surface area contributed by atoms with Crippen molar-refractivity contribution in [3.8, 4) is 0 Å². The number of carbonyl (C=O) groups is 1. The summed E-state index contributed by atoms with van der Waals surface area (Å²) < 4.78 is 5.55. The first kappa shape index (κ1) is 13.6. The van der Waals surface area contributed by atoms with Gasteiger partial charge in [0.05, 0.1) is 37.1 Å². The number of morpholine rings is 1. The van der Waals surface area contributed by atoms with Gasteiger partial charge in [0.15, 0.2) is 0 Å². The number of aliphatic hydroxyl groups is 1. The molecule has 3 unspecified atom stereocenters. The summed E-state index contributed by atoms with van der Waals surface area (Å²) in [5.41, 5.74) is 0.571. The SMILES string of the molecule is O=C(c1cn[nH]c1)N1CCOCC1C1CCCCC1O. The molecule has 6 nitrogen and oxygen atoms in total. The molecule has 2 fully saturated rings. The summed E-state index contributed by atoms with van der Waals surface area (Å²) in [6.45, 7) is 1.66. The second-order valence-electron chi connectivity index (χ2n) is 5.64. The molecule has 0 bridgehead atoms. The molecule has 3 rings (SSSR count). The van der Waals surface area contributed by atoms with E-state index in [4.69, 9.17) is 4.74 Å². The molecule has 1 aromatic rings. The van der Waals surface area contributed by atoms with Crippen LogP contribution in [0.15, 0.2) is 12.4 Å². The van der Waals surface area contributed by atoms with Crippen LogP contribution >= 0.6 is 0 Å². The van der Waals surface area contributed by atoms with Crippen LogP contribution in [0.1, 0.15) is 36.0 Å². The van der Waals surface area contributed by atoms with Gasteiger partial charge in [-0.25, -0.2) is 0 Å². The minimum atomic E-state index is -0.324. The first-order valence-corrected chi connectivity index (χ1v) is 7.33. The second-order valence-corrected chi connectivity index (χ2v) is 5.64. The Bertz CT molecular complexity index is 449. The molecular formula is C14H21N3O3. The Hall–Kier alpha value is -1.40. The van der Waals surface area contributed by atoms with Gasteiger partial charge in [-0.05, 0) is 12.8 Å². The third kappa shape index (κ3) is 2.58. The van der Waals surface area contributed by atoms with E-state index >= 15 is 0 Å². The number of hydrogen-bond donors (Lipinski definition) is 2. The predicted molar refractivity (Wildman–Crippen MR) is 72.2 cm³/mol. The average Bonchev–Trinajstić information content (AvgIpc) is 3.01. The molecule has 2 aliphatic rings. The van der Waals surface area contributed by atoms with Gasteiger partial charge in [-0.15, -0.1) is 0 Å². The number of aliphatic hydroxyl groups excluding tert-OH is 1. The zero-order chi connectivity index (χ0) is 13.9. The van der Waals surface area contributed by atoms with Gasteiger partial charge in [-0.1, -0.05) is 12.8 Å². The molecule has 6 heteroatoms. The Kier molecular flexibility index (Phi) is 4.03. The van der Waals surface area contributed by atoms with Crippen LogP contribution in [0.4, 0.5) is 0 Å². The van der Waals surface area contributed by atoms with E-state index in [0.717, 1.165) is 25.7 Å². The monoisotopic (exact) mass is 279 g/mol. The highest BCUT2D eigenvalue weighted by Crippen LogP contribution is 2.31. The fourth-order valence-corrected chi connectivity index (χ4v) is 3.35. The minimum Gasteiger partial charge on any atom is -0.393 e. The molecule has 1 aromatic heterocycles. The van der Waals surface area contributed by atoms with Crippen molar-refractivity contribution < 1.29 is 14.6 Å². The molecule has 0 aromatic carbocycles. The normalized spacial score (nSPS) is 31.2. The Labute approximate surface area is 118 Å². The van der Waals surface area contributed by atoms with Gasteiger partial charge in [0, 0.05) is 18.7 Å². The molecule has 0 spiro atoms. The van der Waals surface area contributed by atoms with Crippen molar-refractivity contribution >= 4 is 5.91 Å². The summed E-state index contributed by atoms with van der Waals surface area (Å²) >= 11 is 0. The number of carbonyl (C=O) groups excluding carboxylic acids is 1. The second kappa shape index (κ2) is 5.93. The van der Waals surface area contributed by atoms with Crippen molar-refractivity contribution in [1.29, 1.82) is 0 Å². The maximum absolute atomic E-state index is 12.5. The highest BCUT2D eigenvalue weighted by molar-refractivity contribution is 5.94. The van der Waals surface area contributed by atoms with Crippen molar-refractivity contribution in [3.05, 3.63) is 18.0 Å². The zero-order valence-electron chi connectivity index (χ0n) is 11.5. The molecule has 20 heavy (non-hydrogen) atoms. The molecule has 110 valence electrons. The molecule has 1 saturated heterocycles. The lowest BCUT2D eigenvalue weighted by atomic mass is 9.80. The number of aromatic amines is 1. The Morgan fingerprint density at radius 1 is 1.45 bits per heavy atom. The van der Waals surface area contributed by atoms with Crippen molar-refractivity contribution in [1.82, 2.24) is 15.1 Å². The van der Waals surface area contributed by atoms with Gasteiger partial charge in [0.2, 0.25) is 0 Å². The Morgan fingerprint density at radius 2 is 2.30 bits per heavy atom. The molecule has 2 N–H and O–H groups in total. The van der Waals surface area contributed by atoms with E-state index in [1.54, 1.807) is 12.4 Å². The molecule has 1 aliphatic heterocycles. The number of H-pyrrole nitrogens is 1. The fourth-order valence-electron chi connectivity index (χ4n) is 3.35. The lowest BCUT2D eigenvalue weighted by molar-refractivity contribution is -0.0562. The molecule has 1 saturated carbocycles. The number of aromatic nitrogens is 2. The number of hydrogen-bond acceptors (Lipinski definition) is 4. The van der Waals surface area contributed by atoms with Gasteiger partial charge in [-0.2, -0.15) is 5.10 Å². The quantitative estimate of drug-likeness (QED) is 0.839. The first-order valence-electron chi connectivity index (χ1n) is 7.33. The van der Waals surface area contributed by atoms with Crippen molar-refractivity contribution in [2.45, 2.75) is 37.8 Å². The molecule has 2 heterocycles. The number of amides is 1.